The van der Waals surface area contributed by atoms with Crippen molar-refractivity contribution in [2.24, 2.45) is 0 Å². The van der Waals surface area contributed by atoms with Gasteiger partial charge in [-0.3, -0.25) is 0 Å². The summed E-state index contributed by atoms with van der Waals surface area (Å²) in [6.07, 6.45) is 3.85. The second-order valence-electron chi connectivity index (χ2n) is 7.17. The summed E-state index contributed by atoms with van der Waals surface area (Å²) in [5.41, 5.74) is 2.27. The topological polar surface area (TPSA) is 41.6 Å². The van der Waals surface area contributed by atoms with E-state index in [0.29, 0.717) is 12.6 Å². The molecule has 1 aliphatic carbocycles. The SMILES string of the molecule is CN(CCc1ccc(Cl)cc1)[C@@H]1CCC[C@H]1NC(=O)OCc1ccccc1. The van der Waals surface area contributed by atoms with E-state index >= 15 is 0 Å². The van der Waals surface area contributed by atoms with Gasteiger partial charge in [-0.2, -0.15) is 0 Å². The molecule has 0 aromatic heterocycles. The maximum absolute atomic E-state index is 12.2. The minimum atomic E-state index is -0.332. The monoisotopic (exact) mass is 386 g/mol. The predicted octanol–water partition coefficient (Wildman–Crippen LogP) is 4.66. The molecule has 2 aromatic carbocycles. The van der Waals surface area contributed by atoms with Gasteiger partial charge in [-0.15, -0.1) is 0 Å². The van der Waals surface area contributed by atoms with Gasteiger partial charge in [0.15, 0.2) is 0 Å². The lowest BCUT2D eigenvalue weighted by molar-refractivity contribution is 0.127. The van der Waals surface area contributed by atoms with Gasteiger partial charge in [0.1, 0.15) is 6.61 Å². The van der Waals surface area contributed by atoms with E-state index in [0.717, 1.165) is 42.8 Å². The normalized spacial score (nSPS) is 19.2. The minimum absolute atomic E-state index is 0.142. The van der Waals surface area contributed by atoms with Crippen molar-refractivity contribution in [2.75, 3.05) is 13.6 Å². The van der Waals surface area contributed by atoms with Crippen LogP contribution >= 0.6 is 11.6 Å². The van der Waals surface area contributed by atoms with Crippen molar-refractivity contribution >= 4 is 17.7 Å². The van der Waals surface area contributed by atoms with Crippen LogP contribution in [0.25, 0.3) is 0 Å². The van der Waals surface area contributed by atoms with Crippen LogP contribution in [0.5, 0.6) is 0 Å². The Morgan fingerprint density at radius 3 is 2.59 bits per heavy atom. The molecule has 4 nitrogen and oxygen atoms in total. The van der Waals surface area contributed by atoms with Gasteiger partial charge in [0.2, 0.25) is 0 Å². The zero-order chi connectivity index (χ0) is 19.1. The van der Waals surface area contributed by atoms with Gasteiger partial charge in [0.05, 0.1) is 0 Å². The average Bonchev–Trinajstić information content (AvgIpc) is 3.14. The highest BCUT2D eigenvalue weighted by Crippen LogP contribution is 2.24. The molecule has 0 heterocycles. The lowest BCUT2D eigenvalue weighted by Crippen LogP contribution is -2.48. The molecule has 0 aliphatic heterocycles. The molecule has 1 fully saturated rings. The lowest BCUT2D eigenvalue weighted by Gasteiger charge is -2.30. The summed E-state index contributed by atoms with van der Waals surface area (Å²) in [7, 11) is 2.13. The fourth-order valence-corrected chi connectivity index (χ4v) is 3.80. The summed E-state index contributed by atoms with van der Waals surface area (Å²) in [4.78, 5) is 14.5. The van der Waals surface area contributed by atoms with E-state index in [1.54, 1.807) is 0 Å². The van der Waals surface area contributed by atoms with Gasteiger partial charge < -0.3 is 15.0 Å². The number of carbonyl (C=O) groups excluding carboxylic acids is 1. The van der Waals surface area contributed by atoms with E-state index in [1.165, 1.54) is 5.56 Å². The van der Waals surface area contributed by atoms with Crippen LogP contribution in [-0.2, 0) is 17.8 Å². The van der Waals surface area contributed by atoms with E-state index in [9.17, 15) is 4.79 Å². The molecule has 1 aliphatic rings. The van der Waals surface area contributed by atoms with Crippen LogP contribution in [0.1, 0.15) is 30.4 Å². The van der Waals surface area contributed by atoms with Gasteiger partial charge in [-0.05, 0) is 56.0 Å². The Morgan fingerprint density at radius 1 is 1.11 bits per heavy atom. The number of rotatable bonds is 7. The number of ether oxygens (including phenoxy) is 1. The van der Waals surface area contributed by atoms with Gasteiger partial charge in [-0.1, -0.05) is 54.1 Å². The molecule has 2 atom stereocenters. The number of amides is 1. The Morgan fingerprint density at radius 2 is 1.85 bits per heavy atom. The summed E-state index contributed by atoms with van der Waals surface area (Å²) in [6, 6.07) is 18.2. The van der Waals surface area contributed by atoms with E-state index in [2.05, 4.69) is 29.4 Å². The van der Waals surface area contributed by atoms with Crippen LogP contribution in [0, 0.1) is 0 Å². The molecule has 0 unspecified atom stereocenters. The standard InChI is InChI=1S/C22H27ClN2O2/c1-25(15-14-17-10-12-19(23)13-11-17)21-9-5-8-20(21)24-22(26)27-16-18-6-3-2-4-7-18/h2-4,6-7,10-13,20-21H,5,8-9,14-16H2,1H3,(H,24,26)/t20-,21-/m1/s1. The first-order chi connectivity index (χ1) is 13.1. The summed E-state index contributed by atoms with van der Waals surface area (Å²) in [5.74, 6) is 0. The highest BCUT2D eigenvalue weighted by molar-refractivity contribution is 6.30. The van der Waals surface area contributed by atoms with Crippen LogP contribution in [0.15, 0.2) is 54.6 Å². The summed E-state index contributed by atoms with van der Waals surface area (Å²) in [6.45, 7) is 1.25. The summed E-state index contributed by atoms with van der Waals surface area (Å²) < 4.78 is 5.38. The third-order valence-electron chi connectivity index (χ3n) is 5.23. The zero-order valence-electron chi connectivity index (χ0n) is 15.7. The van der Waals surface area contributed by atoms with Crippen molar-refractivity contribution < 1.29 is 9.53 Å². The van der Waals surface area contributed by atoms with Crippen molar-refractivity contribution in [3.05, 3.63) is 70.7 Å². The zero-order valence-corrected chi connectivity index (χ0v) is 16.5. The molecular formula is C22H27ClN2O2. The molecule has 0 radical (unpaired) electrons. The molecule has 2 aromatic rings. The number of alkyl carbamates (subject to hydrolysis) is 1. The van der Waals surface area contributed by atoms with Crippen molar-refractivity contribution in [1.29, 1.82) is 0 Å². The quantitative estimate of drug-likeness (QED) is 0.752. The molecule has 0 bridgehead atoms. The van der Waals surface area contributed by atoms with Crippen molar-refractivity contribution in [3.63, 3.8) is 0 Å². The van der Waals surface area contributed by atoms with Crippen LogP contribution in [0.2, 0.25) is 5.02 Å². The number of halogens is 1. The number of hydrogen-bond donors (Lipinski definition) is 1. The van der Waals surface area contributed by atoms with Crippen LogP contribution in [-0.4, -0.2) is 36.7 Å². The third-order valence-corrected chi connectivity index (χ3v) is 5.48. The van der Waals surface area contributed by atoms with Gasteiger partial charge in [0.25, 0.3) is 0 Å². The second-order valence-corrected chi connectivity index (χ2v) is 7.60. The molecular weight excluding hydrogens is 360 g/mol. The average molecular weight is 387 g/mol. The smallest absolute Gasteiger partial charge is 0.407 e. The second kappa shape index (κ2) is 9.77. The van der Waals surface area contributed by atoms with Crippen molar-refractivity contribution in [3.8, 4) is 0 Å². The number of carbonyl (C=O) groups is 1. The molecule has 1 saturated carbocycles. The van der Waals surface area contributed by atoms with E-state index < -0.39 is 0 Å². The summed E-state index contributed by atoms with van der Waals surface area (Å²) in [5, 5.41) is 3.83. The molecule has 144 valence electrons. The third kappa shape index (κ3) is 5.98. The van der Waals surface area contributed by atoms with Crippen molar-refractivity contribution in [2.45, 2.75) is 44.4 Å². The molecule has 1 amide bonds. The Hall–Kier alpha value is -2.04. The van der Waals surface area contributed by atoms with Crippen LogP contribution < -0.4 is 5.32 Å². The first kappa shape index (κ1) is 19.7. The highest BCUT2D eigenvalue weighted by Gasteiger charge is 2.31. The molecule has 3 rings (SSSR count). The molecule has 1 N–H and O–H groups in total. The van der Waals surface area contributed by atoms with Gasteiger partial charge >= 0.3 is 6.09 Å². The first-order valence-electron chi connectivity index (χ1n) is 9.54. The highest BCUT2D eigenvalue weighted by atomic mass is 35.5. The predicted molar refractivity (Wildman–Crippen MR) is 109 cm³/mol. The van der Waals surface area contributed by atoms with E-state index in [4.69, 9.17) is 16.3 Å². The Labute approximate surface area is 166 Å². The molecule has 5 heteroatoms. The number of nitrogens with one attached hydrogen (secondary N) is 1. The Bertz CT molecular complexity index is 721. The van der Waals surface area contributed by atoms with Crippen molar-refractivity contribution in [1.82, 2.24) is 10.2 Å². The van der Waals surface area contributed by atoms with E-state index in [-0.39, 0.29) is 12.1 Å². The van der Waals surface area contributed by atoms with Gasteiger partial charge in [0, 0.05) is 23.7 Å². The van der Waals surface area contributed by atoms with Gasteiger partial charge in [-0.25, -0.2) is 4.79 Å². The Kier molecular flexibility index (Phi) is 7.13. The minimum Gasteiger partial charge on any atom is -0.445 e. The fourth-order valence-electron chi connectivity index (χ4n) is 3.67. The maximum atomic E-state index is 12.2. The number of hydrogen-bond acceptors (Lipinski definition) is 3. The molecule has 27 heavy (non-hydrogen) atoms. The number of benzene rings is 2. The van der Waals surface area contributed by atoms with E-state index in [1.807, 2.05) is 42.5 Å². The maximum Gasteiger partial charge on any atom is 0.407 e. The Balaban J connectivity index is 1.45. The lowest BCUT2D eigenvalue weighted by atomic mass is 10.1. The summed E-state index contributed by atoms with van der Waals surface area (Å²) >= 11 is 5.95. The fraction of sp³-hybridized carbons (Fsp3) is 0.409. The molecule has 0 saturated heterocycles. The van der Waals surface area contributed by atoms with Crippen LogP contribution in [0.4, 0.5) is 4.79 Å². The van der Waals surface area contributed by atoms with Crippen LogP contribution in [0.3, 0.4) is 0 Å². The first-order valence-corrected chi connectivity index (χ1v) is 9.91. The molecule has 0 spiro atoms. The number of nitrogens with zero attached hydrogens (tertiary/aromatic N) is 1. The number of likely N-dealkylation sites (N-methyl/N-ethyl adjacent to an activating group) is 1. The largest absolute Gasteiger partial charge is 0.445 e.